The van der Waals surface area contributed by atoms with Crippen LogP contribution in [-0.2, 0) is 0 Å². The van der Waals surface area contributed by atoms with Gasteiger partial charge in [-0.1, -0.05) is 0 Å². The van der Waals surface area contributed by atoms with Gasteiger partial charge in [0.1, 0.15) is 16.5 Å². The van der Waals surface area contributed by atoms with Crippen molar-refractivity contribution in [2.45, 2.75) is 25.8 Å². The highest BCUT2D eigenvalue weighted by molar-refractivity contribution is 7.98. The van der Waals surface area contributed by atoms with Crippen LogP contribution in [0.5, 0.6) is 5.75 Å². The third kappa shape index (κ3) is 3.04. The maximum absolute atomic E-state index is 5.48. The van der Waals surface area contributed by atoms with E-state index in [0.717, 1.165) is 27.7 Å². The summed E-state index contributed by atoms with van der Waals surface area (Å²) in [7, 11) is 0. The molecule has 0 N–H and O–H groups in total. The molecule has 0 atom stereocenters. The van der Waals surface area contributed by atoms with Gasteiger partial charge in [0.15, 0.2) is 5.82 Å². The zero-order valence-corrected chi connectivity index (χ0v) is 12.4. The molecule has 0 saturated carbocycles. The monoisotopic (exact) mass is 275 g/mol. The molecule has 4 nitrogen and oxygen atoms in total. The first kappa shape index (κ1) is 13.8. The van der Waals surface area contributed by atoms with Crippen LogP contribution >= 0.6 is 11.8 Å². The molecule has 2 aromatic heterocycles. The lowest BCUT2D eigenvalue weighted by atomic mass is 10.2. The van der Waals surface area contributed by atoms with Crippen molar-refractivity contribution < 1.29 is 4.74 Å². The van der Waals surface area contributed by atoms with E-state index in [4.69, 9.17) is 4.74 Å². The van der Waals surface area contributed by atoms with Crippen LogP contribution in [0.25, 0.3) is 11.5 Å². The molecule has 0 radical (unpaired) electrons. The summed E-state index contributed by atoms with van der Waals surface area (Å²) in [5.41, 5.74) is 2.85. The van der Waals surface area contributed by atoms with Crippen LogP contribution in [0.4, 0.5) is 0 Å². The van der Waals surface area contributed by atoms with Gasteiger partial charge in [-0.3, -0.25) is 4.98 Å². The zero-order chi connectivity index (χ0) is 13.8. The Labute approximate surface area is 117 Å². The third-order valence-electron chi connectivity index (χ3n) is 2.81. The van der Waals surface area contributed by atoms with Gasteiger partial charge in [0, 0.05) is 23.5 Å². The Morgan fingerprint density at radius 3 is 2.74 bits per heavy atom. The van der Waals surface area contributed by atoms with E-state index in [1.807, 2.05) is 39.2 Å². The zero-order valence-electron chi connectivity index (χ0n) is 11.6. The van der Waals surface area contributed by atoms with Crippen LogP contribution < -0.4 is 4.74 Å². The number of nitrogens with zero attached hydrogens (tertiary/aromatic N) is 3. The van der Waals surface area contributed by atoms with Crippen LogP contribution in [0, 0.1) is 13.8 Å². The molecule has 0 fully saturated rings. The largest absolute Gasteiger partial charge is 0.494 e. The number of aromatic nitrogens is 3. The fourth-order valence-corrected chi connectivity index (χ4v) is 2.34. The van der Waals surface area contributed by atoms with Crippen LogP contribution in [0.15, 0.2) is 23.4 Å². The van der Waals surface area contributed by atoms with Crippen molar-refractivity contribution in [3.05, 3.63) is 29.6 Å². The van der Waals surface area contributed by atoms with Crippen molar-refractivity contribution in [2.75, 3.05) is 12.9 Å². The van der Waals surface area contributed by atoms with E-state index in [2.05, 4.69) is 15.0 Å². The average Bonchev–Trinajstić information content (AvgIpc) is 2.42. The Morgan fingerprint density at radius 1 is 1.26 bits per heavy atom. The minimum absolute atomic E-state index is 0.632. The number of hydrogen-bond donors (Lipinski definition) is 0. The van der Waals surface area contributed by atoms with E-state index in [9.17, 15) is 0 Å². The maximum Gasteiger partial charge on any atom is 0.179 e. The van der Waals surface area contributed by atoms with E-state index < -0.39 is 0 Å². The molecule has 0 spiro atoms. The van der Waals surface area contributed by atoms with Gasteiger partial charge >= 0.3 is 0 Å². The van der Waals surface area contributed by atoms with Crippen LogP contribution in [0.2, 0.25) is 0 Å². The van der Waals surface area contributed by atoms with Crippen molar-refractivity contribution in [3.8, 4) is 17.3 Å². The van der Waals surface area contributed by atoms with Gasteiger partial charge in [-0.05, 0) is 33.1 Å². The lowest BCUT2D eigenvalue weighted by molar-refractivity contribution is 0.340. The Bertz CT molecular complexity index is 587. The van der Waals surface area contributed by atoms with Crippen molar-refractivity contribution in [1.29, 1.82) is 0 Å². The SMILES string of the molecule is CCOc1ccnc(-c2nc(C)c(C)c(SC)n2)c1. The first-order valence-corrected chi connectivity index (χ1v) is 7.36. The normalized spacial score (nSPS) is 10.5. The first-order valence-electron chi connectivity index (χ1n) is 6.14. The first-order chi connectivity index (χ1) is 9.15. The molecule has 2 heterocycles. The highest BCUT2D eigenvalue weighted by Crippen LogP contribution is 2.24. The number of hydrogen-bond acceptors (Lipinski definition) is 5. The number of rotatable bonds is 4. The van der Waals surface area contributed by atoms with Gasteiger partial charge < -0.3 is 4.74 Å². The molecule has 0 bridgehead atoms. The Hall–Kier alpha value is -1.62. The molecule has 0 aliphatic carbocycles. The summed E-state index contributed by atoms with van der Waals surface area (Å²) in [6.45, 7) is 6.62. The topological polar surface area (TPSA) is 47.9 Å². The average molecular weight is 275 g/mol. The number of thioether (sulfide) groups is 1. The summed E-state index contributed by atoms with van der Waals surface area (Å²) < 4.78 is 5.48. The summed E-state index contributed by atoms with van der Waals surface area (Å²) in [5, 5.41) is 0.992. The van der Waals surface area contributed by atoms with Gasteiger partial charge in [-0.2, -0.15) is 0 Å². The van der Waals surface area contributed by atoms with E-state index >= 15 is 0 Å². The second-order valence-electron chi connectivity index (χ2n) is 4.08. The highest BCUT2D eigenvalue weighted by Gasteiger charge is 2.10. The molecular formula is C14H17N3OS. The molecule has 0 saturated heterocycles. The van der Waals surface area contributed by atoms with Gasteiger partial charge in [0.05, 0.1) is 6.61 Å². The summed E-state index contributed by atoms with van der Waals surface area (Å²) in [6, 6.07) is 3.71. The molecule has 100 valence electrons. The Morgan fingerprint density at radius 2 is 2.05 bits per heavy atom. The maximum atomic E-state index is 5.48. The molecule has 0 unspecified atom stereocenters. The van der Waals surface area contributed by atoms with Gasteiger partial charge in [-0.25, -0.2) is 9.97 Å². The number of ether oxygens (including phenoxy) is 1. The van der Waals surface area contributed by atoms with E-state index in [0.29, 0.717) is 12.4 Å². The van der Waals surface area contributed by atoms with Crippen molar-refractivity contribution in [1.82, 2.24) is 15.0 Å². The van der Waals surface area contributed by atoms with Crippen molar-refractivity contribution >= 4 is 11.8 Å². The van der Waals surface area contributed by atoms with Crippen LogP contribution in [0.3, 0.4) is 0 Å². The molecule has 2 aromatic rings. The summed E-state index contributed by atoms with van der Waals surface area (Å²) >= 11 is 1.62. The Balaban J connectivity index is 2.46. The van der Waals surface area contributed by atoms with Crippen LogP contribution in [0.1, 0.15) is 18.2 Å². The summed E-state index contributed by atoms with van der Waals surface area (Å²) in [5.74, 6) is 1.44. The predicted octanol–water partition coefficient (Wildman–Crippen LogP) is 3.28. The molecule has 0 aromatic carbocycles. The fraction of sp³-hybridized carbons (Fsp3) is 0.357. The number of aryl methyl sites for hydroxylation is 1. The van der Waals surface area contributed by atoms with E-state index in [-0.39, 0.29) is 0 Å². The quantitative estimate of drug-likeness (QED) is 0.633. The molecule has 0 aliphatic rings. The van der Waals surface area contributed by atoms with Crippen molar-refractivity contribution in [2.24, 2.45) is 0 Å². The molecule has 19 heavy (non-hydrogen) atoms. The van der Waals surface area contributed by atoms with Crippen molar-refractivity contribution in [3.63, 3.8) is 0 Å². The van der Waals surface area contributed by atoms with Crippen LogP contribution in [-0.4, -0.2) is 27.8 Å². The van der Waals surface area contributed by atoms with E-state index in [1.54, 1.807) is 18.0 Å². The molecular weight excluding hydrogens is 258 g/mol. The standard InChI is InChI=1S/C14H17N3OS/c1-5-18-11-6-7-15-12(8-11)13-16-10(3)9(2)14(17-13)19-4/h6-8H,5H2,1-4H3. The lowest BCUT2D eigenvalue weighted by Crippen LogP contribution is -2.00. The van der Waals surface area contributed by atoms with E-state index in [1.165, 1.54) is 0 Å². The smallest absolute Gasteiger partial charge is 0.179 e. The highest BCUT2D eigenvalue weighted by atomic mass is 32.2. The predicted molar refractivity (Wildman–Crippen MR) is 77.7 cm³/mol. The second kappa shape index (κ2) is 6.02. The summed E-state index contributed by atoms with van der Waals surface area (Å²) in [6.07, 6.45) is 3.74. The molecule has 2 rings (SSSR count). The second-order valence-corrected chi connectivity index (χ2v) is 4.87. The number of pyridine rings is 1. The minimum atomic E-state index is 0.632. The van der Waals surface area contributed by atoms with Gasteiger partial charge in [-0.15, -0.1) is 11.8 Å². The fourth-order valence-electron chi connectivity index (χ4n) is 1.71. The molecule has 0 amide bonds. The van der Waals surface area contributed by atoms with Gasteiger partial charge in [0.25, 0.3) is 0 Å². The third-order valence-corrected chi connectivity index (χ3v) is 3.59. The molecule has 0 aliphatic heterocycles. The lowest BCUT2D eigenvalue weighted by Gasteiger charge is -2.09. The summed E-state index contributed by atoms with van der Waals surface area (Å²) in [4.78, 5) is 13.4. The Kier molecular flexibility index (Phi) is 4.37. The minimum Gasteiger partial charge on any atom is -0.494 e. The van der Waals surface area contributed by atoms with Gasteiger partial charge in [0.2, 0.25) is 0 Å². The molecule has 5 heteroatoms.